The van der Waals surface area contributed by atoms with Crippen LogP contribution in [0.15, 0.2) is 41.7 Å². The maximum atomic E-state index is 13.1. The van der Waals surface area contributed by atoms with E-state index in [9.17, 15) is 14.0 Å². The zero-order valence-electron chi connectivity index (χ0n) is 20.2. The van der Waals surface area contributed by atoms with Crippen LogP contribution in [0.4, 0.5) is 4.39 Å². The predicted octanol–water partition coefficient (Wildman–Crippen LogP) is 3.18. The van der Waals surface area contributed by atoms with Gasteiger partial charge in [-0.3, -0.25) is 9.59 Å². The number of hydrogen-bond donors (Lipinski definition) is 0. The van der Waals surface area contributed by atoms with E-state index in [1.165, 1.54) is 12.1 Å². The summed E-state index contributed by atoms with van der Waals surface area (Å²) in [6.45, 7) is 4.30. The van der Waals surface area contributed by atoms with Crippen molar-refractivity contribution in [1.29, 1.82) is 0 Å². The molecule has 2 saturated heterocycles. The highest BCUT2D eigenvalue weighted by atomic mass is 19.1. The van der Waals surface area contributed by atoms with E-state index in [0.29, 0.717) is 12.1 Å². The van der Waals surface area contributed by atoms with Crippen molar-refractivity contribution in [1.82, 2.24) is 14.7 Å². The molecule has 0 N–H and O–H groups in total. The SMILES string of the molecule is CO/N=C1/CCN(C)C(=O)C2C1C=CN2CCCCN1CCC(C(=O)c2ccc(F)cc2)CC1. The molecule has 7 nitrogen and oxygen atoms in total. The lowest BCUT2D eigenvalue weighted by Gasteiger charge is -2.32. The van der Waals surface area contributed by atoms with E-state index >= 15 is 0 Å². The number of rotatable bonds is 8. The molecular formula is C26H35FN4O3. The number of Topliss-reactive ketones (excluding diaryl/α,β-unsaturated/α-hetero) is 1. The molecule has 2 fully saturated rings. The summed E-state index contributed by atoms with van der Waals surface area (Å²) in [7, 11) is 3.41. The molecule has 1 aromatic rings. The normalized spacial score (nSPS) is 25.0. The lowest BCUT2D eigenvalue weighted by molar-refractivity contribution is -0.134. The maximum absolute atomic E-state index is 13.1. The number of halogens is 1. The monoisotopic (exact) mass is 470 g/mol. The number of amides is 1. The molecule has 0 aliphatic carbocycles. The van der Waals surface area contributed by atoms with Crippen LogP contribution in [0, 0.1) is 17.7 Å². The van der Waals surface area contributed by atoms with Crippen molar-refractivity contribution < 1.29 is 18.8 Å². The summed E-state index contributed by atoms with van der Waals surface area (Å²) in [5, 5.41) is 4.20. The van der Waals surface area contributed by atoms with Gasteiger partial charge >= 0.3 is 0 Å². The Balaban J connectivity index is 1.21. The number of piperidine rings is 1. The highest BCUT2D eigenvalue weighted by Gasteiger charge is 2.41. The molecule has 0 saturated carbocycles. The quantitative estimate of drug-likeness (QED) is 0.332. The Labute approximate surface area is 201 Å². The zero-order chi connectivity index (χ0) is 24.1. The zero-order valence-corrected chi connectivity index (χ0v) is 20.2. The summed E-state index contributed by atoms with van der Waals surface area (Å²) in [4.78, 5) is 37.1. The summed E-state index contributed by atoms with van der Waals surface area (Å²) >= 11 is 0. The fourth-order valence-corrected chi connectivity index (χ4v) is 5.32. The largest absolute Gasteiger partial charge is 0.399 e. The fraction of sp³-hybridized carbons (Fsp3) is 0.577. The van der Waals surface area contributed by atoms with Gasteiger partial charge in [-0.05, 0) is 75.8 Å². The molecular weight excluding hydrogens is 435 g/mol. The first kappa shape index (κ1) is 24.4. The Morgan fingerprint density at radius 2 is 1.82 bits per heavy atom. The number of likely N-dealkylation sites (N-methyl/N-ethyl adjacent to an activating group) is 1. The molecule has 8 heteroatoms. The van der Waals surface area contributed by atoms with Gasteiger partial charge in [-0.15, -0.1) is 0 Å². The molecule has 2 atom stereocenters. The number of carbonyl (C=O) groups excluding carboxylic acids is 2. The molecule has 0 bridgehead atoms. The smallest absolute Gasteiger partial charge is 0.246 e. The van der Waals surface area contributed by atoms with E-state index < -0.39 is 0 Å². The minimum atomic E-state index is -0.315. The van der Waals surface area contributed by atoms with E-state index in [-0.39, 0.29) is 35.4 Å². The van der Waals surface area contributed by atoms with Crippen LogP contribution in [0.25, 0.3) is 0 Å². The van der Waals surface area contributed by atoms with Crippen LogP contribution in [0.1, 0.15) is 42.5 Å². The molecule has 2 unspecified atom stereocenters. The van der Waals surface area contributed by atoms with Crippen molar-refractivity contribution in [3.63, 3.8) is 0 Å². The summed E-state index contributed by atoms with van der Waals surface area (Å²) in [5.74, 6) is -0.0384. The third-order valence-corrected chi connectivity index (χ3v) is 7.34. The molecule has 0 radical (unpaired) electrons. The lowest BCUT2D eigenvalue weighted by atomic mass is 9.89. The number of unbranched alkanes of at least 4 members (excludes halogenated alkanes) is 1. The van der Waals surface area contributed by atoms with Crippen LogP contribution in [-0.4, -0.2) is 85.0 Å². The van der Waals surface area contributed by atoms with Gasteiger partial charge < -0.3 is 19.5 Å². The van der Waals surface area contributed by atoms with Gasteiger partial charge in [0.15, 0.2) is 5.78 Å². The predicted molar refractivity (Wildman–Crippen MR) is 129 cm³/mol. The third kappa shape index (κ3) is 5.49. The van der Waals surface area contributed by atoms with Crippen LogP contribution in [0.5, 0.6) is 0 Å². The Morgan fingerprint density at radius 1 is 1.12 bits per heavy atom. The standard InChI is InChI=1S/C26H35FN4O3/c1-29-15-12-23(28-34-2)22-11-18-31(24(22)26(29)33)14-4-3-13-30-16-9-20(10-17-30)25(32)19-5-7-21(27)8-6-19/h5-8,11,18,20,22,24H,3-4,9-10,12-17H2,1-2H3/b28-23-. The number of nitrogens with zero attached hydrogens (tertiary/aromatic N) is 4. The van der Waals surface area contributed by atoms with Crippen LogP contribution in [0.3, 0.4) is 0 Å². The van der Waals surface area contributed by atoms with Gasteiger partial charge in [-0.1, -0.05) is 11.2 Å². The molecule has 4 rings (SSSR count). The van der Waals surface area contributed by atoms with Crippen molar-refractivity contribution >= 4 is 17.4 Å². The Kier molecular flexibility index (Phi) is 7.98. The van der Waals surface area contributed by atoms with E-state index in [2.05, 4.69) is 21.0 Å². The number of carbonyl (C=O) groups is 2. The second-order valence-electron chi connectivity index (χ2n) is 9.52. The van der Waals surface area contributed by atoms with Crippen LogP contribution in [0.2, 0.25) is 0 Å². The number of oxime groups is 1. The fourth-order valence-electron chi connectivity index (χ4n) is 5.32. The molecule has 3 heterocycles. The molecule has 0 spiro atoms. The molecule has 1 amide bonds. The number of benzene rings is 1. The van der Waals surface area contributed by atoms with E-state index in [1.54, 1.807) is 24.1 Å². The van der Waals surface area contributed by atoms with E-state index in [4.69, 9.17) is 4.84 Å². The van der Waals surface area contributed by atoms with E-state index in [1.807, 2.05) is 13.2 Å². The number of fused-ring (bicyclic) bond motifs is 1. The Hall–Kier alpha value is -2.74. The number of hydrogen-bond acceptors (Lipinski definition) is 6. The Bertz CT molecular complexity index is 924. The van der Waals surface area contributed by atoms with Crippen LogP contribution >= 0.6 is 0 Å². The summed E-state index contributed by atoms with van der Waals surface area (Å²) in [6.07, 6.45) is 8.59. The lowest BCUT2D eigenvalue weighted by Crippen LogP contribution is -2.46. The minimum absolute atomic E-state index is 0.0185. The van der Waals surface area contributed by atoms with Gasteiger partial charge in [0.05, 0.1) is 5.71 Å². The topological polar surface area (TPSA) is 65.5 Å². The average molecular weight is 471 g/mol. The second kappa shape index (κ2) is 11.1. The first-order chi connectivity index (χ1) is 16.5. The molecule has 184 valence electrons. The van der Waals surface area contributed by atoms with Crippen molar-refractivity contribution in [2.75, 3.05) is 46.9 Å². The number of ketones is 1. The highest BCUT2D eigenvalue weighted by molar-refractivity contribution is 5.98. The molecule has 1 aromatic carbocycles. The summed E-state index contributed by atoms with van der Waals surface area (Å²) in [5.41, 5.74) is 1.54. The minimum Gasteiger partial charge on any atom is -0.399 e. The van der Waals surface area contributed by atoms with Crippen molar-refractivity contribution in [2.24, 2.45) is 17.0 Å². The van der Waals surface area contributed by atoms with Gasteiger partial charge in [0.25, 0.3) is 0 Å². The van der Waals surface area contributed by atoms with Crippen LogP contribution in [-0.2, 0) is 9.63 Å². The molecule has 34 heavy (non-hydrogen) atoms. The second-order valence-corrected chi connectivity index (χ2v) is 9.52. The molecule has 0 aromatic heterocycles. The molecule has 3 aliphatic heterocycles. The average Bonchev–Trinajstić information content (AvgIpc) is 3.23. The van der Waals surface area contributed by atoms with Crippen molar-refractivity contribution in [3.05, 3.63) is 47.9 Å². The maximum Gasteiger partial charge on any atom is 0.246 e. The van der Waals surface area contributed by atoms with Crippen molar-refractivity contribution in [2.45, 2.75) is 38.1 Å². The van der Waals surface area contributed by atoms with Gasteiger partial charge in [0, 0.05) is 44.0 Å². The number of likely N-dealkylation sites (tertiary alicyclic amines) is 2. The van der Waals surface area contributed by atoms with Gasteiger partial charge in [-0.25, -0.2) is 4.39 Å². The highest BCUT2D eigenvalue weighted by Crippen LogP contribution is 2.29. The third-order valence-electron chi connectivity index (χ3n) is 7.34. The summed E-state index contributed by atoms with van der Waals surface area (Å²) in [6, 6.07) is 5.65. The Morgan fingerprint density at radius 3 is 2.53 bits per heavy atom. The van der Waals surface area contributed by atoms with Gasteiger partial charge in [0.1, 0.15) is 19.0 Å². The first-order valence-corrected chi connectivity index (χ1v) is 12.3. The van der Waals surface area contributed by atoms with E-state index in [0.717, 1.165) is 64.0 Å². The summed E-state index contributed by atoms with van der Waals surface area (Å²) < 4.78 is 13.1. The van der Waals surface area contributed by atoms with Crippen LogP contribution < -0.4 is 0 Å². The van der Waals surface area contributed by atoms with Crippen molar-refractivity contribution in [3.8, 4) is 0 Å². The van der Waals surface area contributed by atoms with Gasteiger partial charge in [0.2, 0.25) is 5.91 Å². The first-order valence-electron chi connectivity index (χ1n) is 12.3. The molecule has 3 aliphatic rings. The van der Waals surface area contributed by atoms with Gasteiger partial charge in [-0.2, -0.15) is 0 Å².